The van der Waals surface area contributed by atoms with Gasteiger partial charge in [0.1, 0.15) is 5.56 Å². The highest BCUT2D eigenvalue weighted by Crippen LogP contribution is 2.19. The van der Waals surface area contributed by atoms with E-state index in [2.05, 4.69) is 31.2 Å². The molecule has 23 heavy (non-hydrogen) atoms. The van der Waals surface area contributed by atoms with Crippen LogP contribution < -0.4 is 10.9 Å². The normalized spacial score (nSPS) is 10.7. The fourth-order valence-corrected chi connectivity index (χ4v) is 2.54. The Labute approximate surface area is 138 Å². The van der Waals surface area contributed by atoms with Crippen LogP contribution in [0.2, 0.25) is 0 Å². The summed E-state index contributed by atoms with van der Waals surface area (Å²) in [6, 6.07) is 6.90. The fraction of sp³-hybridized carbons (Fsp3) is 0.0667. The van der Waals surface area contributed by atoms with Gasteiger partial charge in [-0.15, -0.1) is 0 Å². The third kappa shape index (κ3) is 2.98. The Balaban J connectivity index is 2.04. The quantitative estimate of drug-likeness (QED) is 0.745. The van der Waals surface area contributed by atoms with Crippen molar-refractivity contribution in [3.05, 3.63) is 62.9 Å². The van der Waals surface area contributed by atoms with Crippen LogP contribution in [-0.2, 0) is 7.05 Å². The monoisotopic (exact) mass is 376 g/mol. The number of aryl methyl sites for hydroxylation is 1. The minimum atomic E-state index is -0.654. The zero-order valence-corrected chi connectivity index (χ0v) is 13.5. The van der Waals surface area contributed by atoms with Crippen molar-refractivity contribution < 1.29 is 9.18 Å². The third-order valence-corrected chi connectivity index (χ3v) is 3.77. The van der Waals surface area contributed by atoms with Crippen LogP contribution in [0.15, 0.2) is 45.9 Å². The Kier molecular flexibility index (Phi) is 3.91. The number of aromatic nitrogens is 3. The van der Waals surface area contributed by atoms with Gasteiger partial charge in [0.2, 0.25) is 5.95 Å². The molecular weight excluding hydrogens is 367 g/mol. The molecule has 0 fully saturated rings. The Bertz CT molecular complexity index is 970. The van der Waals surface area contributed by atoms with E-state index in [0.29, 0.717) is 5.52 Å². The van der Waals surface area contributed by atoms with Crippen molar-refractivity contribution in [1.82, 2.24) is 14.5 Å². The molecule has 0 saturated carbocycles. The first-order valence-corrected chi connectivity index (χ1v) is 7.33. The fourth-order valence-electron chi connectivity index (χ4n) is 2.16. The summed E-state index contributed by atoms with van der Waals surface area (Å²) in [6.07, 6.45) is 1.86. The smallest absolute Gasteiger partial charge is 0.263 e. The lowest BCUT2D eigenvalue weighted by Gasteiger charge is -2.09. The van der Waals surface area contributed by atoms with Crippen molar-refractivity contribution in [1.29, 1.82) is 0 Å². The number of pyridine rings is 1. The molecule has 0 unspecified atom stereocenters. The van der Waals surface area contributed by atoms with Gasteiger partial charge in [-0.1, -0.05) is 15.9 Å². The number of amides is 1. The highest BCUT2D eigenvalue weighted by molar-refractivity contribution is 9.10. The summed E-state index contributed by atoms with van der Waals surface area (Å²) in [5, 5.41) is 3.11. The maximum atomic E-state index is 12.8. The molecule has 8 heteroatoms. The Morgan fingerprint density at radius 2 is 1.96 bits per heavy atom. The summed E-state index contributed by atoms with van der Waals surface area (Å²) >= 11 is 3.35. The Morgan fingerprint density at radius 1 is 1.26 bits per heavy atom. The zero-order chi connectivity index (χ0) is 16.6. The van der Waals surface area contributed by atoms with Gasteiger partial charge in [0.05, 0.1) is 17.9 Å². The van der Waals surface area contributed by atoms with Gasteiger partial charge in [0.15, 0.2) is 5.82 Å². The number of hydrogen-bond acceptors (Lipinski definition) is 4. The van der Waals surface area contributed by atoms with Gasteiger partial charge < -0.3 is 4.57 Å². The summed E-state index contributed by atoms with van der Waals surface area (Å²) in [6.45, 7) is 0. The number of anilines is 1. The van der Waals surface area contributed by atoms with Crippen molar-refractivity contribution in [3.63, 3.8) is 0 Å². The molecule has 0 radical (unpaired) electrons. The summed E-state index contributed by atoms with van der Waals surface area (Å²) < 4.78 is 15.0. The van der Waals surface area contributed by atoms with Crippen molar-refractivity contribution in [2.24, 2.45) is 7.05 Å². The number of hydrogen-bond donors (Lipinski definition) is 1. The molecule has 0 spiro atoms. The molecule has 0 bridgehead atoms. The lowest BCUT2D eigenvalue weighted by atomic mass is 10.1. The summed E-state index contributed by atoms with van der Waals surface area (Å²) in [7, 11) is 1.59. The van der Waals surface area contributed by atoms with Gasteiger partial charge >= 0.3 is 0 Å². The van der Waals surface area contributed by atoms with Crippen LogP contribution >= 0.6 is 15.9 Å². The highest BCUT2D eigenvalue weighted by Gasteiger charge is 2.15. The number of benzene rings is 1. The molecule has 0 saturated heterocycles. The van der Waals surface area contributed by atoms with Gasteiger partial charge in [-0.2, -0.15) is 0 Å². The van der Waals surface area contributed by atoms with E-state index >= 15 is 0 Å². The van der Waals surface area contributed by atoms with E-state index < -0.39 is 17.3 Å². The maximum Gasteiger partial charge on any atom is 0.263 e. The predicted octanol–water partition coefficient (Wildman–Crippen LogP) is 2.48. The first-order valence-electron chi connectivity index (χ1n) is 6.54. The van der Waals surface area contributed by atoms with Gasteiger partial charge in [-0.05, 0) is 24.3 Å². The number of halogens is 2. The number of fused-ring (bicyclic) bond motifs is 1. The Hall–Kier alpha value is -2.61. The first-order chi connectivity index (χ1) is 11.0. The standard InChI is InChI=1S/C15H10BrFN4O2/c1-21-12-3-2-9(16)4-8(12)5-11(14(21)23)13(22)20-15-18-6-10(17)7-19-15/h2-7H,1H3,(H,18,19,20,22). The zero-order valence-electron chi connectivity index (χ0n) is 11.9. The number of carbonyl (C=O) groups is 1. The third-order valence-electron chi connectivity index (χ3n) is 3.28. The minimum absolute atomic E-state index is 0.0500. The lowest BCUT2D eigenvalue weighted by molar-refractivity contribution is 0.102. The largest absolute Gasteiger partial charge is 0.311 e. The summed E-state index contributed by atoms with van der Waals surface area (Å²) in [5.74, 6) is -1.35. The lowest BCUT2D eigenvalue weighted by Crippen LogP contribution is -2.28. The molecule has 6 nitrogen and oxygen atoms in total. The maximum absolute atomic E-state index is 12.8. The number of nitrogens with one attached hydrogen (secondary N) is 1. The average Bonchev–Trinajstić information content (AvgIpc) is 2.52. The van der Waals surface area contributed by atoms with Gasteiger partial charge in [-0.25, -0.2) is 14.4 Å². The molecule has 3 rings (SSSR count). The summed E-state index contributed by atoms with van der Waals surface area (Å²) in [4.78, 5) is 31.9. The van der Waals surface area contributed by atoms with Crippen molar-refractivity contribution in [3.8, 4) is 0 Å². The molecule has 0 aliphatic carbocycles. The van der Waals surface area contributed by atoms with E-state index in [1.165, 1.54) is 10.6 Å². The molecule has 1 amide bonds. The van der Waals surface area contributed by atoms with Crippen LogP contribution in [0.5, 0.6) is 0 Å². The minimum Gasteiger partial charge on any atom is -0.311 e. The molecule has 2 heterocycles. The van der Waals surface area contributed by atoms with E-state index in [4.69, 9.17) is 0 Å². The van der Waals surface area contributed by atoms with E-state index in [0.717, 1.165) is 22.3 Å². The molecule has 1 aromatic carbocycles. The van der Waals surface area contributed by atoms with E-state index in [1.807, 2.05) is 6.07 Å². The summed E-state index contributed by atoms with van der Waals surface area (Å²) in [5.41, 5.74) is 0.207. The van der Waals surface area contributed by atoms with Crippen LogP contribution in [0.4, 0.5) is 10.3 Å². The van der Waals surface area contributed by atoms with Crippen LogP contribution in [0, 0.1) is 5.82 Å². The first kappa shape index (κ1) is 15.3. The van der Waals surface area contributed by atoms with Crippen molar-refractivity contribution in [2.45, 2.75) is 0 Å². The molecule has 0 atom stereocenters. The SMILES string of the molecule is Cn1c(=O)c(C(=O)Nc2ncc(F)cn2)cc2cc(Br)ccc21. The molecule has 0 aliphatic heterocycles. The Morgan fingerprint density at radius 3 is 2.65 bits per heavy atom. The average molecular weight is 377 g/mol. The molecule has 3 aromatic rings. The van der Waals surface area contributed by atoms with Gasteiger partial charge in [0, 0.05) is 16.9 Å². The number of carbonyl (C=O) groups excluding carboxylic acids is 1. The van der Waals surface area contributed by atoms with Crippen LogP contribution in [-0.4, -0.2) is 20.4 Å². The second kappa shape index (κ2) is 5.88. The van der Waals surface area contributed by atoms with Gasteiger partial charge in [-0.3, -0.25) is 14.9 Å². The molecule has 0 aliphatic rings. The molecule has 116 valence electrons. The topological polar surface area (TPSA) is 76.9 Å². The van der Waals surface area contributed by atoms with Gasteiger partial charge in [0.25, 0.3) is 11.5 Å². The molecule has 2 aromatic heterocycles. The molecule has 1 N–H and O–H groups in total. The predicted molar refractivity (Wildman–Crippen MR) is 86.8 cm³/mol. The van der Waals surface area contributed by atoms with E-state index in [1.54, 1.807) is 19.2 Å². The van der Waals surface area contributed by atoms with E-state index in [-0.39, 0.29) is 11.5 Å². The number of nitrogens with zero attached hydrogens (tertiary/aromatic N) is 3. The second-order valence-corrected chi connectivity index (χ2v) is 5.72. The highest BCUT2D eigenvalue weighted by atomic mass is 79.9. The van der Waals surface area contributed by atoms with Crippen molar-refractivity contribution >= 4 is 38.7 Å². The van der Waals surface area contributed by atoms with Crippen LogP contribution in [0.25, 0.3) is 10.9 Å². The van der Waals surface area contributed by atoms with Crippen molar-refractivity contribution in [2.75, 3.05) is 5.32 Å². The molecular formula is C15H10BrFN4O2. The van der Waals surface area contributed by atoms with E-state index in [9.17, 15) is 14.0 Å². The van der Waals surface area contributed by atoms with Crippen LogP contribution in [0.1, 0.15) is 10.4 Å². The number of rotatable bonds is 2. The second-order valence-electron chi connectivity index (χ2n) is 4.80. The van der Waals surface area contributed by atoms with Crippen LogP contribution in [0.3, 0.4) is 0 Å².